The molecule has 0 spiro atoms. The van der Waals surface area contributed by atoms with E-state index in [1.54, 1.807) is 0 Å². The van der Waals surface area contributed by atoms with Gasteiger partial charge in [-0.15, -0.1) is 0 Å². The number of rotatable bonds is 7. The highest BCUT2D eigenvalue weighted by Crippen LogP contribution is 2.10. The molecule has 1 N–H and O–H groups in total. The summed E-state index contributed by atoms with van der Waals surface area (Å²) in [5, 5.41) is 7.71. The van der Waals surface area contributed by atoms with Crippen LogP contribution in [0.5, 0.6) is 0 Å². The maximum atomic E-state index is 11.1. The maximum absolute atomic E-state index is 11.1. The summed E-state index contributed by atoms with van der Waals surface area (Å²) in [4.78, 5) is 0. The van der Waals surface area contributed by atoms with Gasteiger partial charge < -0.3 is 5.32 Å². The fraction of sp³-hybridized carbons (Fsp3) is 0.769. The van der Waals surface area contributed by atoms with E-state index in [4.69, 9.17) is 0 Å². The molecule has 19 heavy (non-hydrogen) atoms. The molecule has 0 aliphatic carbocycles. The Morgan fingerprint density at radius 1 is 1.32 bits per heavy atom. The van der Waals surface area contributed by atoms with E-state index >= 15 is 0 Å². The first kappa shape index (κ1) is 16.2. The average Bonchev–Trinajstić information content (AvgIpc) is 2.50. The minimum absolute atomic E-state index is 0.00260. The number of hydrogen-bond donors (Lipinski definition) is 1. The van der Waals surface area contributed by atoms with Crippen molar-refractivity contribution in [1.29, 1.82) is 0 Å². The van der Waals surface area contributed by atoms with Crippen LogP contribution in [0.15, 0.2) is 0 Å². The Bertz CT molecular complexity index is 520. The van der Waals surface area contributed by atoms with E-state index in [1.807, 2.05) is 18.5 Å². The van der Waals surface area contributed by atoms with Crippen LogP contribution in [0.4, 0.5) is 0 Å². The summed E-state index contributed by atoms with van der Waals surface area (Å²) in [7, 11) is -2.90. The molecule has 6 heteroatoms. The first-order chi connectivity index (χ1) is 8.70. The zero-order valence-corrected chi connectivity index (χ0v) is 13.3. The molecule has 0 saturated carbocycles. The second kappa shape index (κ2) is 6.52. The molecule has 0 aliphatic rings. The molecule has 0 fully saturated rings. The SMILES string of the molecule is Cc1nn(CCCN[C@@H](C)CS(C)(=O)=O)c(C)c1C. The first-order valence-electron chi connectivity index (χ1n) is 6.62. The number of nitrogens with one attached hydrogen (secondary N) is 1. The molecule has 1 atom stereocenters. The van der Waals surface area contributed by atoms with E-state index in [0.29, 0.717) is 0 Å². The van der Waals surface area contributed by atoms with Gasteiger partial charge in [-0.05, 0) is 46.2 Å². The Morgan fingerprint density at radius 2 is 1.95 bits per heavy atom. The average molecular weight is 287 g/mol. The van der Waals surface area contributed by atoms with Crippen LogP contribution in [0.1, 0.15) is 30.3 Å². The molecule has 0 unspecified atom stereocenters. The van der Waals surface area contributed by atoms with Crippen molar-refractivity contribution in [2.45, 2.75) is 46.7 Å². The molecule has 0 aromatic carbocycles. The molecule has 0 radical (unpaired) electrons. The zero-order chi connectivity index (χ0) is 14.6. The highest BCUT2D eigenvalue weighted by molar-refractivity contribution is 7.90. The van der Waals surface area contributed by atoms with E-state index in [0.717, 1.165) is 25.2 Å². The molecular weight excluding hydrogens is 262 g/mol. The molecule has 1 heterocycles. The van der Waals surface area contributed by atoms with Crippen molar-refractivity contribution in [3.63, 3.8) is 0 Å². The quantitative estimate of drug-likeness (QED) is 0.766. The molecule has 0 bridgehead atoms. The molecule has 1 aromatic rings. The summed E-state index contributed by atoms with van der Waals surface area (Å²) in [6.07, 6.45) is 2.21. The highest BCUT2D eigenvalue weighted by atomic mass is 32.2. The van der Waals surface area contributed by atoms with Gasteiger partial charge in [0.1, 0.15) is 9.84 Å². The Labute approximate surface area is 116 Å². The normalized spacial score (nSPS) is 13.7. The van der Waals surface area contributed by atoms with Crippen LogP contribution in [0.3, 0.4) is 0 Å². The van der Waals surface area contributed by atoms with Crippen molar-refractivity contribution in [3.8, 4) is 0 Å². The van der Waals surface area contributed by atoms with Gasteiger partial charge in [0.05, 0.1) is 11.4 Å². The van der Waals surface area contributed by atoms with Gasteiger partial charge in [0.2, 0.25) is 0 Å². The van der Waals surface area contributed by atoms with Crippen LogP contribution in [-0.4, -0.2) is 42.8 Å². The third kappa shape index (κ3) is 5.32. The van der Waals surface area contributed by atoms with E-state index in [-0.39, 0.29) is 11.8 Å². The molecule has 1 rings (SSSR count). The summed E-state index contributed by atoms with van der Waals surface area (Å²) >= 11 is 0. The second-order valence-corrected chi connectivity index (χ2v) is 7.50. The summed E-state index contributed by atoms with van der Waals surface area (Å²) in [5.74, 6) is 0.187. The van der Waals surface area contributed by atoms with Crippen molar-refractivity contribution >= 4 is 9.84 Å². The van der Waals surface area contributed by atoms with Crippen molar-refractivity contribution in [1.82, 2.24) is 15.1 Å². The van der Waals surface area contributed by atoms with Crippen LogP contribution in [0.2, 0.25) is 0 Å². The predicted octanol–water partition coefficient (Wildman–Crippen LogP) is 1.22. The van der Waals surface area contributed by atoms with Crippen LogP contribution in [0.25, 0.3) is 0 Å². The Kier molecular flexibility index (Phi) is 5.55. The lowest BCUT2D eigenvalue weighted by atomic mass is 10.2. The summed E-state index contributed by atoms with van der Waals surface area (Å²) in [5.41, 5.74) is 3.54. The third-order valence-electron chi connectivity index (χ3n) is 3.34. The van der Waals surface area contributed by atoms with Gasteiger partial charge in [-0.1, -0.05) is 0 Å². The molecule has 0 amide bonds. The van der Waals surface area contributed by atoms with E-state index < -0.39 is 9.84 Å². The molecular formula is C13H25N3O2S. The summed E-state index contributed by atoms with van der Waals surface area (Å²) in [6.45, 7) is 9.74. The lowest BCUT2D eigenvalue weighted by Gasteiger charge is -2.12. The van der Waals surface area contributed by atoms with Gasteiger partial charge >= 0.3 is 0 Å². The number of nitrogens with zero attached hydrogens (tertiary/aromatic N) is 2. The smallest absolute Gasteiger partial charge is 0.148 e. The highest BCUT2D eigenvalue weighted by Gasteiger charge is 2.10. The fourth-order valence-corrected chi connectivity index (χ4v) is 3.12. The monoisotopic (exact) mass is 287 g/mol. The van der Waals surface area contributed by atoms with Crippen LogP contribution in [-0.2, 0) is 16.4 Å². The van der Waals surface area contributed by atoms with Crippen molar-refractivity contribution in [3.05, 3.63) is 17.0 Å². The molecule has 110 valence electrons. The Hall–Kier alpha value is -0.880. The molecule has 0 saturated heterocycles. The molecule has 5 nitrogen and oxygen atoms in total. The second-order valence-electron chi connectivity index (χ2n) is 5.32. The van der Waals surface area contributed by atoms with Crippen LogP contribution in [0, 0.1) is 20.8 Å². The number of hydrogen-bond acceptors (Lipinski definition) is 4. The Morgan fingerprint density at radius 3 is 2.42 bits per heavy atom. The van der Waals surface area contributed by atoms with Gasteiger partial charge in [-0.25, -0.2) is 8.42 Å². The van der Waals surface area contributed by atoms with Crippen LogP contribution >= 0.6 is 0 Å². The number of sulfone groups is 1. The minimum Gasteiger partial charge on any atom is -0.313 e. The lowest BCUT2D eigenvalue weighted by Crippen LogP contribution is -2.33. The topological polar surface area (TPSA) is 64.0 Å². The van der Waals surface area contributed by atoms with E-state index in [2.05, 4.69) is 24.3 Å². The van der Waals surface area contributed by atoms with Crippen LogP contribution < -0.4 is 5.32 Å². The lowest BCUT2D eigenvalue weighted by molar-refractivity contribution is 0.503. The zero-order valence-electron chi connectivity index (χ0n) is 12.5. The molecule has 0 aliphatic heterocycles. The summed E-state index contributed by atoms with van der Waals surface area (Å²) in [6, 6.07) is -0.00260. The van der Waals surface area contributed by atoms with Gasteiger partial charge in [0.25, 0.3) is 0 Å². The number of aryl methyl sites for hydroxylation is 2. The van der Waals surface area contributed by atoms with Gasteiger partial charge in [-0.2, -0.15) is 5.10 Å². The fourth-order valence-electron chi connectivity index (χ4n) is 2.09. The van der Waals surface area contributed by atoms with Crippen molar-refractivity contribution < 1.29 is 8.42 Å². The third-order valence-corrected chi connectivity index (χ3v) is 4.44. The van der Waals surface area contributed by atoms with E-state index in [9.17, 15) is 8.42 Å². The standard InChI is InChI=1S/C13H25N3O2S/c1-10(9-19(5,17)18)14-7-6-8-16-13(4)11(2)12(3)15-16/h10,14H,6-9H2,1-5H3/t10-/m0/s1. The maximum Gasteiger partial charge on any atom is 0.148 e. The van der Waals surface area contributed by atoms with Crippen molar-refractivity contribution in [2.24, 2.45) is 0 Å². The Balaban J connectivity index is 2.33. The minimum atomic E-state index is -2.90. The van der Waals surface area contributed by atoms with Gasteiger partial charge in [0.15, 0.2) is 0 Å². The van der Waals surface area contributed by atoms with Gasteiger partial charge in [-0.3, -0.25) is 4.68 Å². The predicted molar refractivity (Wildman–Crippen MR) is 78.2 cm³/mol. The van der Waals surface area contributed by atoms with E-state index in [1.165, 1.54) is 17.5 Å². The molecule has 1 aromatic heterocycles. The number of aromatic nitrogens is 2. The van der Waals surface area contributed by atoms with Crippen molar-refractivity contribution in [2.75, 3.05) is 18.6 Å². The largest absolute Gasteiger partial charge is 0.313 e. The summed E-state index contributed by atoms with van der Waals surface area (Å²) < 4.78 is 24.3. The first-order valence-corrected chi connectivity index (χ1v) is 8.68. The van der Waals surface area contributed by atoms with Gasteiger partial charge in [0, 0.05) is 24.5 Å².